The van der Waals surface area contributed by atoms with Crippen LogP contribution in [0, 0.1) is 17.5 Å². The molecule has 0 aliphatic rings. The van der Waals surface area contributed by atoms with E-state index in [1.54, 1.807) is 18.2 Å². The normalized spacial score (nSPS) is 10.5. The van der Waals surface area contributed by atoms with E-state index in [2.05, 4.69) is 10.6 Å². The highest BCUT2D eigenvalue weighted by atomic mass is 19.1. The minimum atomic E-state index is -0.826. The summed E-state index contributed by atoms with van der Waals surface area (Å²) in [5.41, 5.74) is 0.438. The number of benzene rings is 2. The van der Waals surface area contributed by atoms with Gasteiger partial charge in [-0.2, -0.15) is 0 Å². The van der Waals surface area contributed by atoms with Gasteiger partial charge in [-0.05, 0) is 18.2 Å². The average Bonchev–Trinajstić information content (AvgIpc) is 2.48. The van der Waals surface area contributed by atoms with Crippen molar-refractivity contribution in [2.45, 2.75) is 13.0 Å². The maximum absolute atomic E-state index is 13.4. The van der Waals surface area contributed by atoms with Crippen LogP contribution in [0.3, 0.4) is 0 Å². The molecule has 0 spiro atoms. The first-order valence-corrected chi connectivity index (χ1v) is 6.75. The summed E-state index contributed by atoms with van der Waals surface area (Å²) >= 11 is 0. The Hall–Kier alpha value is -2.34. The fourth-order valence-corrected chi connectivity index (χ4v) is 1.87. The van der Waals surface area contributed by atoms with Crippen molar-refractivity contribution in [3.8, 4) is 0 Å². The van der Waals surface area contributed by atoms with Crippen molar-refractivity contribution in [2.75, 3.05) is 11.9 Å². The van der Waals surface area contributed by atoms with Crippen molar-refractivity contribution in [3.63, 3.8) is 0 Å². The molecular weight excluding hydrogens is 293 g/mol. The molecule has 3 nitrogen and oxygen atoms in total. The molecule has 22 heavy (non-hydrogen) atoms. The lowest BCUT2D eigenvalue weighted by Gasteiger charge is -2.08. The fraction of sp³-hybridized carbons (Fsp3) is 0.188. The SMILES string of the molecule is O=C(CCNCc1ccccc1F)Nc1ccc(F)cc1F. The zero-order valence-electron chi connectivity index (χ0n) is 11.7. The van der Waals surface area contributed by atoms with Crippen LogP contribution in [0.2, 0.25) is 0 Å². The topological polar surface area (TPSA) is 41.1 Å². The van der Waals surface area contributed by atoms with Crippen LogP contribution in [-0.2, 0) is 11.3 Å². The maximum Gasteiger partial charge on any atom is 0.225 e. The predicted octanol–water partition coefficient (Wildman–Crippen LogP) is 3.22. The van der Waals surface area contributed by atoms with Crippen LogP contribution in [0.5, 0.6) is 0 Å². The van der Waals surface area contributed by atoms with E-state index in [1.165, 1.54) is 6.07 Å². The summed E-state index contributed by atoms with van der Waals surface area (Å²) in [5.74, 6) is -2.26. The Morgan fingerprint density at radius 2 is 1.77 bits per heavy atom. The Balaban J connectivity index is 1.75. The highest BCUT2D eigenvalue weighted by molar-refractivity contribution is 5.90. The molecule has 6 heteroatoms. The third-order valence-electron chi connectivity index (χ3n) is 3.01. The second-order valence-electron chi connectivity index (χ2n) is 4.69. The highest BCUT2D eigenvalue weighted by Gasteiger charge is 2.08. The van der Waals surface area contributed by atoms with Crippen LogP contribution in [-0.4, -0.2) is 12.5 Å². The molecule has 0 unspecified atom stereocenters. The lowest BCUT2D eigenvalue weighted by molar-refractivity contribution is -0.116. The Morgan fingerprint density at radius 1 is 1.00 bits per heavy atom. The van der Waals surface area contributed by atoms with Crippen LogP contribution in [0.15, 0.2) is 42.5 Å². The van der Waals surface area contributed by atoms with Gasteiger partial charge < -0.3 is 10.6 Å². The Morgan fingerprint density at radius 3 is 2.50 bits per heavy atom. The summed E-state index contributed by atoms with van der Waals surface area (Å²) in [6.07, 6.45) is 0.0886. The fourth-order valence-electron chi connectivity index (χ4n) is 1.87. The number of halogens is 3. The van der Waals surface area contributed by atoms with Crippen molar-refractivity contribution < 1.29 is 18.0 Å². The van der Waals surface area contributed by atoms with Crippen molar-refractivity contribution in [1.82, 2.24) is 5.32 Å². The van der Waals surface area contributed by atoms with Crippen LogP contribution in [0.25, 0.3) is 0 Å². The maximum atomic E-state index is 13.4. The van der Waals surface area contributed by atoms with Gasteiger partial charge in [0, 0.05) is 31.1 Å². The standard InChI is InChI=1S/C16H15F3N2O/c17-12-5-6-15(14(19)9-12)21-16(22)7-8-20-10-11-3-1-2-4-13(11)18/h1-6,9,20H,7-8,10H2,(H,21,22). The Kier molecular flexibility index (Phi) is 5.55. The molecule has 0 saturated heterocycles. The summed E-state index contributed by atoms with van der Waals surface area (Å²) < 4.78 is 39.4. The molecule has 2 N–H and O–H groups in total. The van der Waals surface area contributed by atoms with Gasteiger partial charge in [0.15, 0.2) is 0 Å². The van der Waals surface area contributed by atoms with Gasteiger partial charge in [-0.1, -0.05) is 18.2 Å². The minimum Gasteiger partial charge on any atom is -0.324 e. The van der Waals surface area contributed by atoms with E-state index < -0.39 is 17.5 Å². The van der Waals surface area contributed by atoms with E-state index in [-0.39, 0.29) is 17.9 Å². The van der Waals surface area contributed by atoms with Crippen LogP contribution in [0.1, 0.15) is 12.0 Å². The number of rotatable bonds is 6. The Labute approximate surface area is 126 Å². The zero-order valence-corrected chi connectivity index (χ0v) is 11.7. The Bertz CT molecular complexity index is 662. The second kappa shape index (κ2) is 7.61. The van der Waals surface area contributed by atoms with E-state index in [0.29, 0.717) is 24.7 Å². The number of amides is 1. The molecule has 0 aliphatic carbocycles. The second-order valence-corrected chi connectivity index (χ2v) is 4.69. The number of nitrogens with one attached hydrogen (secondary N) is 2. The molecule has 0 aromatic heterocycles. The predicted molar refractivity (Wildman–Crippen MR) is 77.7 cm³/mol. The van der Waals surface area contributed by atoms with Gasteiger partial charge in [0.1, 0.15) is 17.5 Å². The van der Waals surface area contributed by atoms with Crippen molar-refractivity contribution in [3.05, 3.63) is 65.5 Å². The van der Waals surface area contributed by atoms with E-state index in [0.717, 1.165) is 12.1 Å². The first-order chi connectivity index (χ1) is 10.6. The molecule has 2 aromatic rings. The molecule has 0 aliphatic heterocycles. The van der Waals surface area contributed by atoms with E-state index in [1.807, 2.05) is 0 Å². The quantitative estimate of drug-likeness (QED) is 0.805. The smallest absolute Gasteiger partial charge is 0.225 e. The van der Waals surface area contributed by atoms with Gasteiger partial charge >= 0.3 is 0 Å². The summed E-state index contributed by atoms with van der Waals surface area (Å²) in [7, 11) is 0. The van der Waals surface area contributed by atoms with E-state index in [4.69, 9.17) is 0 Å². The lowest BCUT2D eigenvalue weighted by Crippen LogP contribution is -2.22. The molecule has 0 heterocycles. The van der Waals surface area contributed by atoms with Gasteiger partial charge in [-0.3, -0.25) is 4.79 Å². The first-order valence-electron chi connectivity index (χ1n) is 6.75. The number of carbonyl (C=O) groups excluding carboxylic acids is 1. The summed E-state index contributed by atoms with van der Waals surface area (Å²) in [6, 6.07) is 9.27. The number of anilines is 1. The third kappa shape index (κ3) is 4.60. The average molecular weight is 308 g/mol. The number of carbonyl (C=O) groups is 1. The van der Waals surface area contributed by atoms with Crippen molar-refractivity contribution in [1.29, 1.82) is 0 Å². The summed E-state index contributed by atoms with van der Waals surface area (Å²) in [4.78, 5) is 11.6. The van der Waals surface area contributed by atoms with Crippen molar-refractivity contribution in [2.24, 2.45) is 0 Å². The first kappa shape index (κ1) is 16.0. The number of hydrogen-bond donors (Lipinski definition) is 2. The van der Waals surface area contributed by atoms with E-state index in [9.17, 15) is 18.0 Å². The third-order valence-corrected chi connectivity index (χ3v) is 3.01. The number of hydrogen-bond acceptors (Lipinski definition) is 2. The largest absolute Gasteiger partial charge is 0.324 e. The lowest BCUT2D eigenvalue weighted by atomic mass is 10.2. The minimum absolute atomic E-state index is 0.0690. The molecule has 2 rings (SSSR count). The molecule has 0 bridgehead atoms. The molecule has 0 atom stereocenters. The molecular formula is C16H15F3N2O. The molecule has 0 saturated carbocycles. The van der Waals surface area contributed by atoms with Crippen LogP contribution in [0.4, 0.5) is 18.9 Å². The highest BCUT2D eigenvalue weighted by Crippen LogP contribution is 2.15. The molecule has 116 valence electrons. The monoisotopic (exact) mass is 308 g/mol. The molecule has 0 fully saturated rings. The zero-order chi connectivity index (χ0) is 15.9. The van der Waals surface area contributed by atoms with Gasteiger partial charge in [0.25, 0.3) is 0 Å². The van der Waals surface area contributed by atoms with Crippen LogP contribution < -0.4 is 10.6 Å². The van der Waals surface area contributed by atoms with Gasteiger partial charge in [-0.25, -0.2) is 13.2 Å². The molecule has 1 amide bonds. The summed E-state index contributed by atoms with van der Waals surface area (Å²) in [5, 5.41) is 5.28. The van der Waals surface area contributed by atoms with Gasteiger partial charge in [-0.15, -0.1) is 0 Å². The summed E-state index contributed by atoms with van der Waals surface area (Å²) in [6.45, 7) is 0.605. The molecule has 0 radical (unpaired) electrons. The molecule has 2 aromatic carbocycles. The van der Waals surface area contributed by atoms with Gasteiger partial charge in [0.2, 0.25) is 5.91 Å². The van der Waals surface area contributed by atoms with Crippen LogP contribution >= 0.6 is 0 Å². The van der Waals surface area contributed by atoms with Crippen molar-refractivity contribution >= 4 is 11.6 Å². The van der Waals surface area contributed by atoms with Gasteiger partial charge in [0.05, 0.1) is 5.69 Å². The van der Waals surface area contributed by atoms with E-state index >= 15 is 0 Å².